The first kappa shape index (κ1) is 17.7. The van der Waals surface area contributed by atoms with Crippen molar-refractivity contribution in [3.05, 3.63) is 64.7 Å². The number of hydrazone groups is 1. The Bertz CT molecular complexity index is 736. The maximum absolute atomic E-state index is 11.9. The number of benzene rings is 2. The minimum atomic E-state index is -0.283. The van der Waals surface area contributed by atoms with E-state index >= 15 is 0 Å². The van der Waals surface area contributed by atoms with E-state index in [0.29, 0.717) is 5.92 Å². The second kappa shape index (κ2) is 8.29. The summed E-state index contributed by atoms with van der Waals surface area (Å²) >= 11 is 0. The van der Waals surface area contributed by atoms with Gasteiger partial charge in [-0.1, -0.05) is 55.8 Å². The predicted molar refractivity (Wildman–Crippen MR) is 97.7 cm³/mol. The number of carbonyl (C=O) groups excluding carboxylic acids is 1. The molecule has 2 aromatic rings. The SMILES string of the molecule is Cc1ccc(C=NNC(=O)COc2ccccc2C(C)C)c(C)c1. The maximum atomic E-state index is 11.9. The van der Waals surface area contributed by atoms with Gasteiger partial charge in [0.1, 0.15) is 5.75 Å². The molecule has 0 unspecified atom stereocenters. The molecule has 4 heteroatoms. The predicted octanol–water partition coefficient (Wildman–Crippen LogP) is 3.96. The first-order chi connectivity index (χ1) is 11.5. The minimum Gasteiger partial charge on any atom is -0.483 e. The second-order valence-corrected chi connectivity index (χ2v) is 6.13. The zero-order chi connectivity index (χ0) is 17.5. The Kier molecular flexibility index (Phi) is 6.13. The molecule has 0 aromatic heterocycles. The molecule has 126 valence electrons. The first-order valence-corrected chi connectivity index (χ1v) is 8.08. The number of rotatable bonds is 6. The van der Waals surface area contributed by atoms with E-state index in [1.54, 1.807) is 6.21 Å². The zero-order valence-electron chi connectivity index (χ0n) is 14.7. The van der Waals surface area contributed by atoms with E-state index in [9.17, 15) is 4.79 Å². The van der Waals surface area contributed by atoms with Gasteiger partial charge in [-0.3, -0.25) is 4.79 Å². The third kappa shape index (κ3) is 4.95. The zero-order valence-corrected chi connectivity index (χ0v) is 14.7. The molecule has 0 atom stereocenters. The molecule has 0 radical (unpaired) electrons. The Morgan fingerprint density at radius 3 is 2.67 bits per heavy atom. The fourth-order valence-corrected chi connectivity index (χ4v) is 2.41. The van der Waals surface area contributed by atoms with Gasteiger partial charge in [0, 0.05) is 0 Å². The highest BCUT2D eigenvalue weighted by atomic mass is 16.5. The summed E-state index contributed by atoms with van der Waals surface area (Å²) in [7, 11) is 0. The summed E-state index contributed by atoms with van der Waals surface area (Å²) in [5, 5.41) is 4.00. The summed E-state index contributed by atoms with van der Waals surface area (Å²) < 4.78 is 5.62. The van der Waals surface area contributed by atoms with Crippen LogP contribution in [0, 0.1) is 13.8 Å². The van der Waals surface area contributed by atoms with Crippen LogP contribution >= 0.6 is 0 Å². The van der Waals surface area contributed by atoms with Gasteiger partial charge in [0.05, 0.1) is 6.21 Å². The molecular formula is C20H24N2O2. The molecule has 2 aromatic carbocycles. The number of hydrogen-bond acceptors (Lipinski definition) is 3. The number of carbonyl (C=O) groups is 1. The monoisotopic (exact) mass is 324 g/mol. The van der Waals surface area contributed by atoms with Gasteiger partial charge in [0.25, 0.3) is 5.91 Å². The largest absolute Gasteiger partial charge is 0.483 e. The standard InChI is InChI=1S/C20H24N2O2/c1-14(2)18-7-5-6-8-19(18)24-13-20(23)22-21-12-17-10-9-15(3)11-16(17)4/h5-12,14H,13H2,1-4H3,(H,22,23). The second-order valence-electron chi connectivity index (χ2n) is 6.13. The third-order valence-electron chi connectivity index (χ3n) is 3.72. The van der Waals surface area contributed by atoms with Gasteiger partial charge < -0.3 is 4.74 Å². The van der Waals surface area contributed by atoms with Crippen molar-refractivity contribution in [1.82, 2.24) is 5.43 Å². The van der Waals surface area contributed by atoms with Crippen LogP contribution < -0.4 is 10.2 Å². The molecule has 0 spiro atoms. The Balaban J connectivity index is 1.89. The van der Waals surface area contributed by atoms with Crippen LogP contribution in [0.1, 0.15) is 42.0 Å². The molecule has 0 saturated heterocycles. The van der Waals surface area contributed by atoms with Gasteiger partial charge in [-0.15, -0.1) is 0 Å². The summed E-state index contributed by atoms with van der Waals surface area (Å²) in [4.78, 5) is 11.9. The molecular weight excluding hydrogens is 300 g/mol. The van der Waals surface area contributed by atoms with Gasteiger partial charge in [0.15, 0.2) is 6.61 Å². The van der Waals surface area contributed by atoms with Crippen molar-refractivity contribution in [2.24, 2.45) is 5.10 Å². The highest BCUT2D eigenvalue weighted by molar-refractivity contribution is 5.84. The summed E-state index contributed by atoms with van der Waals surface area (Å²) in [5.41, 5.74) is 6.88. The first-order valence-electron chi connectivity index (χ1n) is 8.08. The van der Waals surface area contributed by atoms with Crippen LogP contribution in [-0.2, 0) is 4.79 Å². The van der Waals surface area contributed by atoms with Crippen LogP contribution in [0.15, 0.2) is 47.6 Å². The molecule has 0 saturated carbocycles. The molecule has 0 aliphatic carbocycles. The normalized spacial score (nSPS) is 11.0. The van der Waals surface area contributed by atoms with Crippen LogP contribution in [0.2, 0.25) is 0 Å². The van der Waals surface area contributed by atoms with E-state index in [2.05, 4.69) is 30.4 Å². The van der Waals surface area contributed by atoms with Crippen LogP contribution in [0.3, 0.4) is 0 Å². The fourth-order valence-electron chi connectivity index (χ4n) is 2.41. The Hall–Kier alpha value is -2.62. The molecule has 24 heavy (non-hydrogen) atoms. The highest BCUT2D eigenvalue weighted by Gasteiger charge is 2.08. The van der Waals surface area contributed by atoms with Crippen LogP contribution in [-0.4, -0.2) is 18.7 Å². The van der Waals surface area contributed by atoms with Crippen molar-refractivity contribution >= 4 is 12.1 Å². The van der Waals surface area contributed by atoms with Crippen molar-refractivity contribution in [2.75, 3.05) is 6.61 Å². The van der Waals surface area contributed by atoms with E-state index in [4.69, 9.17) is 4.74 Å². The average Bonchev–Trinajstić information content (AvgIpc) is 2.55. The van der Waals surface area contributed by atoms with Crippen molar-refractivity contribution < 1.29 is 9.53 Å². The molecule has 0 aliphatic rings. The molecule has 0 heterocycles. The molecule has 4 nitrogen and oxygen atoms in total. The van der Waals surface area contributed by atoms with E-state index < -0.39 is 0 Å². The number of nitrogens with one attached hydrogen (secondary N) is 1. The average molecular weight is 324 g/mol. The summed E-state index contributed by atoms with van der Waals surface area (Å²) in [6.07, 6.45) is 1.65. The van der Waals surface area contributed by atoms with Gasteiger partial charge in [-0.25, -0.2) is 5.43 Å². The molecule has 0 bridgehead atoms. The minimum absolute atomic E-state index is 0.0616. The molecule has 1 N–H and O–H groups in total. The third-order valence-corrected chi connectivity index (χ3v) is 3.72. The summed E-state index contributed by atoms with van der Waals surface area (Å²) in [6.45, 7) is 8.19. The van der Waals surface area contributed by atoms with Crippen LogP contribution in [0.4, 0.5) is 0 Å². The summed E-state index contributed by atoms with van der Waals surface area (Å²) in [6, 6.07) is 13.8. The Morgan fingerprint density at radius 1 is 1.21 bits per heavy atom. The fraction of sp³-hybridized carbons (Fsp3) is 0.300. The maximum Gasteiger partial charge on any atom is 0.277 e. The molecule has 0 aliphatic heterocycles. The lowest BCUT2D eigenvalue weighted by Gasteiger charge is -2.13. The number of aryl methyl sites for hydroxylation is 2. The molecule has 0 fully saturated rings. The summed E-state index contributed by atoms with van der Waals surface area (Å²) in [5.74, 6) is 0.794. The van der Waals surface area contributed by atoms with Crippen molar-refractivity contribution in [3.8, 4) is 5.75 Å². The van der Waals surface area contributed by atoms with Gasteiger partial charge >= 0.3 is 0 Å². The number of nitrogens with zero attached hydrogens (tertiary/aromatic N) is 1. The van der Waals surface area contributed by atoms with Crippen LogP contribution in [0.25, 0.3) is 0 Å². The lowest BCUT2D eigenvalue weighted by Crippen LogP contribution is -2.25. The lowest BCUT2D eigenvalue weighted by atomic mass is 10.0. The number of para-hydroxylation sites is 1. The van der Waals surface area contributed by atoms with Gasteiger partial charge in [-0.05, 0) is 42.5 Å². The van der Waals surface area contributed by atoms with E-state index in [1.807, 2.05) is 50.2 Å². The quantitative estimate of drug-likeness (QED) is 0.646. The highest BCUT2D eigenvalue weighted by Crippen LogP contribution is 2.25. The molecule has 1 amide bonds. The smallest absolute Gasteiger partial charge is 0.277 e. The van der Waals surface area contributed by atoms with Crippen LogP contribution in [0.5, 0.6) is 5.75 Å². The number of amides is 1. The Morgan fingerprint density at radius 2 is 1.96 bits per heavy atom. The number of ether oxygens (including phenoxy) is 1. The van der Waals surface area contributed by atoms with E-state index in [0.717, 1.165) is 22.4 Å². The van der Waals surface area contributed by atoms with E-state index in [1.165, 1.54) is 5.56 Å². The van der Waals surface area contributed by atoms with Gasteiger partial charge in [-0.2, -0.15) is 5.10 Å². The topological polar surface area (TPSA) is 50.7 Å². The number of hydrogen-bond donors (Lipinski definition) is 1. The Labute approximate surface area is 143 Å². The van der Waals surface area contributed by atoms with Gasteiger partial charge in [0.2, 0.25) is 0 Å². The van der Waals surface area contributed by atoms with Crippen molar-refractivity contribution in [2.45, 2.75) is 33.6 Å². The molecule has 2 rings (SSSR count). The van der Waals surface area contributed by atoms with Crippen molar-refractivity contribution in [1.29, 1.82) is 0 Å². The van der Waals surface area contributed by atoms with Crippen molar-refractivity contribution in [3.63, 3.8) is 0 Å². The van der Waals surface area contributed by atoms with E-state index in [-0.39, 0.29) is 12.5 Å². The lowest BCUT2D eigenvalue weighted by molar-refractivity contribution is -0.123.